The Bertz CT molecular complexity index is 349. The van der Waals surface area contributed by atoms with Crippen molar-refractivity contribution in [1.29, 1.82) is 0 Å². The van der Waals surface area contributed by atoms with E-state index in [9.17, 15) is 4.79 Å². The van der Waals surface area contributed by atoms with E-state index >= 15 is 0 Å². The summed E-state index contributed by atoms with van der Waals surface area (Å²) in [7, 11) is 0. The fourth-order valence-electron chi connectivity index (χ4n) is 1.46. The molecule has 13 heavy (non-hydrogen) atoms. The molecule has 4 heteroatoms. The van der Waals surface area contributed by atoms with E-state index in [4.69, 9.17) is 10.5 Å². The molecule has 0 saturated carbocycles. The van der Waals surface area contributed by atoms with Gasteiger partial charge in [0.05, 0.1) is 0 Å². The van der Waals surface area contributed by atoms with Crippen molar-refractivity contribution in [3.8, 4) is 5.75 Å². The summed E-state index contributed by atoms with van der Waals surface area (Å²) >= 11 is 0. The van der Waals surface area contributed by atoms with Crippen molar-refractivity contribution >= 4 is 11.8 Å². The average molecular weight is 178 g/mol. The minimum atomic E-state index is -0.772. The number of hydrogen-bond acceptors (Lipinski definition) is 3. The third-order valence-corrected chi connectivity index (χ3v) is 2.00. The van der Waals surface area contributed by atoms with Gasteiger partial charge in [-0.15, -0.1) is 0 Å². The zero-order valence-corrected chi connectivity index (χ0v) is 7.04. The zero-order chi connectivity index (χ0) is 9.26. The zero-order valence-electron chi connectivity index (χ0n) is 7.04. The molecule has 1 aromatic rings. The van der Waals surface area contributed by atoms with Gasteiger partial charge in [-0.1, -0.05) is 0 Å². The molecule has 1 aromatic carbocycles. The van der Waals surface area contributed by atoms with Crippen LogP contribution in [-0.4, -0.2) is 12.6 Å². The molecule has 0 fully saturated rings. The molecule has 0 atom stereocenters. The number of fused-ring (bicyclic) bond motifs is 1. The molecule has 0 spiro atoms. The molecule has 0 bridgehead atoms. The van der Waals surface area contributed by atoms with Crippen LogP contribution < -0.4 is 15.8 Å². The average Bonchev–Trinajstić information content (AvgIpc) is 2.49. The van der Waals surface area contributed by atoms with E-state index in [1.165, 1.54) is 5.56 Å². The van der Waals surface area contributed by atoms with Crippen molar-refractivity contribution in [2.75, 3.05) is 11.9 Å². The van der Waals surface area contributed by atoms with E-state index in [0.717, 1.165) is 18.7 Å². The lowest BCUT2D eigenvalue weighted by Crippen LogP contribution is -2.16. The van der Waals surface area contributed by atoms with Gasteiger partial charge in [0.2, 0.25) is 0 Å². The van der Waals surface area contributed by atoms with E-state index in [1.807, 2.05) is 12.1 Å². The highest BCUT2D eigenvalue weighted by Gasteiger charge is 2.10. The van der Waals surface area contributed by atoms with Crippen molar-refractivity contribution in [2.24, 2.45) is 5.73 Å². The Morgan fingerprint density at radius 2 is 2.38 bits per heavy atom. The Morgan fingerprint density at radius 1 is 1.54 bits per heavy atom. The number of nitrogens with one attached hydrogen (secondary N) is 1. The molecule has 0 unspecified atom stereocenters. The number of anilines is 1. The van der Waals surface area contributed by atoms with Crippen molar-refractivity contribution in [3.05, 3.63) is 23.8 Å². The second-order valence-electron chi connectivity index (χ2n) is 2.92. The lowest BCUT2D eigenvalue weighted by atomic mass is 10.1. The molecule has 0 aliphatic carbocycles. The molecular formula is C9H10N2O2. The molecule has 68 valence electrons. The number of carbonyl (C=O) groups excluding carboxylic acids is 1. The van der Waals surface area contributed by atoms with Crippen LogP contribution in [0.25, 0.3) is 0 Å². The SMILES string of the molecule is NC(=O)Oc1ccc2c(c1)CCN2. The van der Waals surface area contributed by atoms with Gasteiger partial charge in [-0.3, -0.25) is 0 Å². The maximum absolute atomic E-state index is 10.5. The quantitative estimate of drug-likeness (QED) is 0.677. The second-order valence-corrected chi connectivity index (χ2v) is 2.92. The maximum Gasteiger partial charge on any atom is 0.409 e. The molecule has 0 radical (unpaired) electrons. The first-order valence-corrected chi connectivity index (χ1v) is 4.10. The number of carbonyl (C=O) groups is 1. The molecule has 2 rings (SSSR count). The number of ether oxygens (including phenoxy) is 1. The Hall–Kier alpha value is -1.71. The van der Waals surface area contributed by atoms with E-state index in [2.05, 4.69) is 5.32 Å². The van der Waals surface area contributed by atoms with Gasteiger partial charge in [0.15, 0.2) is 0 Å². The number of primary amides is 1. The van der Waals surface area contributed by atoms with Gasteiger partial charge in [0, 0.05) is 12.2 Å². The topological polar surface area (TPSA) is 64.4 Å². The summed E-state index contributed by atoms with van der Waals surface area (Å²) in [5.41, 5.74) is 7.17. The van der Waals surface area contributed by atoms with Crippen LogP contribution in [0, 0.1) is 0 Å². The van der Waals surface area contributed by atoms with Crippen LogP contribution in [0.3, 0.4) is 0 Å². The highest BCUT2D eigenvalue weighted by molar-refractivity contribution is 5.69. The van der Waals surface area contributed by atoms with Gasteiger partial charge in [0.25, 0.3) is 0 Å². The lowest BCUT2D eigenvalue weighted by Gasteiger charge is -2.03. The van der Waals surface area contributed by atoms with Gasteiger partial charge in [-0.2, -0.15) is 0 Å². The minimum Gasteiger partial charge on any atom is -0.410 e. The van der Waals surface area contributed by atoms with Crippen molar-refractivity contribution in [2.45, 2.75) is 6.42 Å². The molecule has 1 heterocycles. The highest BCUT2D eigenvalue weighted by atomic mass is 16.5. The Labute approximate surface area is 75.7 Å². The molecule has 1 amide bonds. The number of hydrogen-bond donors (Lipinski definition) is 2. The van der Waals surface area contributed by atoms with Gasteiger partial charge in [0.1, 0.15) is 5.75 Å². The molecule has 1 aliphatic heterocycles. The van der Waals surface area contributed by atoms with Gasteiger partial charge in [-0.25, -0.2) is 4.79 Å². The summed E-state index contributed by atoms with van der Waals surface area (Å²) in [6.07, 6.45) is 0.191. The first-order valence-electron chi connectivity index (χ1n) is 4.10. The minimum absolute atomic E-state index is 0.509. The standard InChI is InChI=1S/C9H10N2O2/c10-9(12)13-7-1-2-8-6(5-7)3-4-11-8/h1-2,5,11H,3-4H2,(H2,10,12). The summed E-state index contributed by atoms with van der Waals surface area (Å²) in [4.78, 5) is 10.5. The summed E-state index contributed by atoms with van der Waals surface area (Å²) in [5, 5.41) is 3.21. The van der Waals surface area contributed by atoms with Gasteiger partial charge >= 0.3 is 6.09 Å². The summed E-state index contributed by atoms with van der Waals surface area (Å²) < 4.78 is 4.75. The van der Waals surface area contributed by atoms with Crippen LogP contribution in [0.2, 0.25) is 0 Å². The third kappa shape index (κ3) is 1.56. The molecule has 0 saturated heterocycles. The van der Waals surface area contributed by atoms with Crippen LogP contribution in [0.4, 0.5) is 10.5 Å². The highest BCUT2D eigenvalue weighted by Crippen LogP contribution is 2.26. The fourth-order valence-corrected chi connectivity index (χ4v) is 1.46. The second kappa shape index (κ2) is 2.97. The smallest absolute Gasteiger partial charge is 0.409 e. The van der Waals surface area contributed by atoms with E-state index < -0.39 is 6.09 Å². The van der Waals surface area contributed by atoms with E-state index in [1.54, 1.807) is 6.07 Å². The number of benzene rings is 1. The van der Waals surface area contributed by atoms with Gasteiger partial charge in [-0.05, 0) is 30.2 Å². The van der Waals surface area contributed by atoms with Gasteiger partial charge < -0.3 is 15.8 Å². The lowest BCUT2D eigenvalue weighted by molar-refractivity contribution is 0.211. The predicted molar refractivity (Wildman–Crippen MR) is 48.8 cm³/mol. The Kier molecular flexibility index (Phi) is 1.81. The van der Waals surface area contributed by atoms with Crippen LogP contribution in [0.1, 0.15) is 5.56 Å². The maximum atomic E-state index is 10.5. The van der Waals surface area contributed by atoms with Crippen LogP contribution in [0.5, 0.6) is 5.75 Å². The van der Waals surface area contributed by atoms with E-state index in [-0.39, 0.29) is 0 Å². The van der Waals surface area contributed by atoms with Crippen molar-refractivity contribution in [3.63, 3.8) is 0 Å². The Balaban J connectivity index is 2.25. The number of amides is 1. The Morgan fingerprint density at radius 3 is 3.15 bits per heavy atom. The summed E-state index contributed by atoms with van der Waals surface area (Å²) in [5.74, 6) is 0.509. The van der Waals surface area contributed by atoms with Crippen LogP contribution in [-0.2, 0) is 6.42 Å². The summed E-state index contributed by atoms with van der Waals surface area (Å²) in [6, 6.07) is 5.45. The number of nitrogens with two attached hydrogens (primary N) is 1. The molecule has 0 aromatic heterocycles. The van der Waals surface area contributed by atoms with Crippen molar-refractivity contribution in [1.82, 2.24) is 0 Å². The third-order valence-electron chi connectivity index (χ3n) is 2.00. The molecule has 3 N–H and O–H groups in total. The first kappa shape index (κ1) is 7.91. The predicted octanol–water partition coefficient (Wildman–Crippen LogP) is 1.11. The monoisotopic (exact) mass is 178 g/mol. The summed E-state index contributed by atoms with van der Waals surface area (Å²) in [6.45, 7) is 0.940. The largest absolute Gasteiger partial charge is 0.410 e. The fraction of sp³-hybridized carbons (Fsp3) is 0.222. The first-order chi connectivity index (χ1) is 6.25. The van der Waals surface area contributed by atoms with Crippen LogP contribution in [0.15, 0.2) is 18.2 Å². The molecular weight excluding hydrogens is 168 g/mol. The molecule has 1 aliphatic rings. The van der Waals surface area contributed by atoms with Crippen LogP contribution >= 0.6 is 0 Å². The van der Waals surface area contributed by atoms with E-state index in [0.29, 0.717) is 5.75 Å². The molecule has 4 nitrogen and oxygen atoms in total. The number of rotatable bonds is 1. The normalized spacial score (nSPS) is 13.2. The van der Waals surface area contributed by atoms with Crippen molar-refractivity contribution < 1.29 is 9.53 Å².